The second-order valence-electron chi connectivity index (χ2n) is 4.56. The molecule has 0 aliphatic rings. The van der Waals surface area contributed by atoms with Crippen LogP contribution in [0.5, 0.6) is 5.75 Å². The van der Waals surface area contributed by atoms with E-state index in [9.17, 15) is 0 Å². The number of nitrogens with two attached hydrogens (primary N) is 1. The van der Waals surface area contributed by atoms with Crippen LogP contribution in [0.4, 0.5) is 0 Å². The SMILES string of the molecule is Cc1cc(C(N)=S)ccc1OC(C)(C)C. The lowest BCUT2D eigenvalue weighted by Gasteiger charge is -2.22. The number of rotatable bonds is 2. The molecule has 2 nitrogen and oxygen atoms in total. The molecule has 1 rings (SSSR count). The second kappa shape index (κ2) is 4.19. The highest BCUT2D eigenvalue weighted by Gasteiger charge is 2.13. The Morgan fingerprint density at radius 3 is 2.33 bits per heavy atom. The highest BCUT2D eigenvalue weighted by Crippen LogP contribution is 2.23. The molecule has 0 radical (unpaired) electrons. The average molecular weight is 223 g/mol. The Morgan fingerprint density at radius 1 is 1.33 bits per heavy atom. The van der Waals surface area contributed by atoms with E-state index in [2.05, 4.69) is 0 Å². The maximum atomic E-state index is 5.78. The molecule has 1 aromatic carbocycles. The van der Waals surface area contributed by atoms with Crippen molar-refractivity contribution in [2.45, 2.75) is 33.3 Å². The largest absolute Gasteiger partial charge is 0.488 e. The predicted molar refractivity (Wildman–Crippen MR) is 67.4 cm³/mol. The van der Waals surface area contributed by atoms with E-state index in [-0.39, 0.29) is 5.60 Å². The van der Waals surface area contributed by atoms with Gasteiger partial charge in [0.1, 0.15) is 16.3 Å². The molecule has 0 saturated carbocycles. The van der Waals surface area contributed by atoms with Gasteiger partial charge >= 0.3 is 0 Å². The van der Waals surface area contributed by atoms with E-state index in [0.717, 1.165) is 16.9 Å². The van der Waals surface area contributed by atoms with Crippen LogP contribution in [-0.4, -0.2) is 10.6 Å². The van der Waals surface area contributed by atoms with Crippen molar-refractivity contribution in [1.29, 1.82) is 0 Å². The number of thiocarbonyl (C=S) groups is 1. The van der Waals surface area contributed by atoms with Crippen LogP contribution in [-0.2, 0) is 0 Å². The second-order valence-corrected chi connectivity index (χ2v) is 5.00. The van der Waals surface area contributed by atoms with Crippen molar-refractivity contribution in [3.63, 3.8) is 0 Å². The third-order valence-electron chi connectivity index (χ3n) is 1.88. The van der Waals surface area contributed by atoms with Gasteiger partial charge in [-0.3, -0.25) is 0 Å². The van der Waals surface area contributed by atoms with E-state index in [1.54, 1.807) is 0 Å². The third kappa shape index (κ3) is 3.51. The Balaban J connectivity index is 2.99. The monoisotopic (exact) mass is 223 g/mol. The highest BCUT2D eigenvalue weighted by atomic mass is 32.1. The van der Waals surface area contributed by atoms with Gasteiger partial charge in [-0.25, -0.2) is 0 Å². The molecule has 15 heavy (non-hydrogen) atoms. The molecule has 0 fully saturated rings. The van der Waals surface area contributed by atoms with Crippen molar-refractivity contribution >= 4 is 17.2 Å². The summed E-state index contributed by atoms with van der Waals surface area (Å²) in [5, 5.41) is 0. The predicted octanol–water partition coefficient (Wildman–Crippen LogP) is 2.81. The number of hydrogen-bond acceptors (Lipinski definition) is 2. The lowest BCUT2D eigenvalue weighted by atomic mass is 10.1. The third-order valence-corrected chi connectivity index (χ3v) is 2.11. The van der Waals surface area contributed by atoms with Gasteiger partial charge in [0.2, 0.25) is 0 Å². The molecule has 2 N–H and O–H groups in total. The zero-order chi connectivity index (χ0) is 11.6. The van der Waals surface area contributed by atoms with Gasteiger partial charge < -0.3 is 10.5 Å². The van der Waals surface area contributed by atoms with Gasteiger partial charge in [0, 0.05) is 5.56 Å². The van der Waals surface area contributed by atoms with E-state index in [0.29, 0.717) is 4.99 Å². The van der Waals surface area contributed by atoms with E-state index in [1.165, 1.54) is 0 Å². The van der Waals surface area contributed by atoms with Crippen molar-refractivity contribution in [3.8, 4) is 5.75 Å². The van der Waals surface area contributed by atoms with Gasteiger partial charge in [0.05, 0.1) is 0 Å². The molecule has 0 aromatic heterocycles. The minimum Gasteiger partial charge on any atom is -0.488 e. The van der Waals surface area contributed by atoms with Gasteiger partial charge in [-0.05, 0) is 51.5 Å². The van der Waals surface area contributed by atoms with Crippen LogP contribution in [0.25, 0.3) is 0 Å². The summed E-state index contributed by atoms with van der Waals surface area (Å²) in [7, 11) is 0. The van der Waals surface area contributed by atoms with Gasteiger partial charge in [0.15, 0.2) is 0 Å². The van der Waals surface area contributed by atoms with Gasteiger partial charge in [-0.15, -0.1) is 0 Å². The van der Waals surface area contributed by atoms with Crippen molar-refractivity contribution in [2.24, 2.45) is 5.73 Å². The number of aryl methyl sites for hydroxylation is 1. The van der Waals surface area contributed by atoms with Crippen LogP contribution in [0.3, 0.4) is 0 Å². The smallest absolute Gasteiger partial charge is 0.123 e. The molecule has 0 aliphatic heterocycles. The highest BCUT2D eigenvalue weighted by molar-refractivity contribution is 7.80. The average Bonchev–Trinajstić information content (AvgIpc) is 2.05. The van der Waals surface area contributed by atoms with Crippen LogP contribution >= 0.6 is 12.2 Å². The summed E-state index contributed by atoms with van der Waals surface area (Å²) in [5.41, 5.74) is 7.30. The molecule has 0 spiro atoms. The van der Waals surface area contributed by atoms with Gasteiger partial charge in [-0.1, -0.05) is 12.2 Å². The minimum absolute atomic E-state index is 0.185. The zero-order valence-electron chi connectivity index (χ0n) is 9.63. The van der Waals surface area contributed by atoms with Crippen molar-refractivity contribution in [2.75, 3.05) is 0 Å². The molecule has 1 aromatic rings. The maximum Gasteiger partial charge on any atom is 0.123 e. The zero-order valence-corrected chi connectivity index (χ0v) is 10.4. The van der Waals surface area contributed by atoms with Crippen LogP contribution in [0.15, 0.2) is 18.2 Å². The quantitative estimate of drug-likeness (QED) is 0.783. The molecule has 0 aliphatic carbocycles. The molecular weight excluding hydrogens is 206 g/mol. The van der Waals surface area contributed by atoms with E-state index >= 15 is 0 Å². The van der Waals surface area contributed by atoms with Gasteiger partial charge in [0.25, 0.3) is 0 Å². The lowest BCUT2D eigenvalue weighted by Crippen LogP contribution is -2.23. The summed E-state index contributed by atoms with van der Waals surface area (Å²) in [6, 6.07) is 5.74. The summed E-state index contributed by atoms with van der Waals surface area (Å²) >= 11 is 4.91. The summed E-state index contributed by atoms with van der Waals surface area (Å²) in [6.45, 7) is 8.05. The summed E-state index contributed by atoms with van der Waals surface area (Å²) in [6.07, 6.45) is 0. The van der Waals surface area contributed by atoms with Crippen molar-refractivity contribution in [3.05, 3.63) is 29.3 Å². The standard InChI is InChI=1S/C12H17NOS/c1-8-7-9(11(13)15)5-6-10(8)14-12(2,3)4/h5-7H,1-4H3,(H2,13,15). The minimum atomic E-state index is -0.185. The molecule has 0 bridgehead atoms. The molecule has 0 amide bonds. The number of ether oxygens (including phenoxy) is 1. The first-order chi connectivity index (χ1) is 6.79. The topological polar surface area (TPSA) is 35.2 Å². The van der Waals surface area contributed by atoms with Gasteiger partial charge in [-0.2, -0.15) is 0 Å². The van der Waals surface area contributed by atoms with Crippen molar-refractivity contribution < 1.29 is 4.74 Å². The van der Waals surface area contributed by atoms with Crippen LogP contribution in [0, 0.1) is 6.92 Å². The fourth-order valence-corrected chi connectivity index (χ4v) is 1.37. The molecule has 0 atom stereocenters. The summed E-state index contributed by atoms with van der Waals surface area (Å²) < 4.78 is 5.78. The Hall–Kier alpha value is -1.09. The lowest BCUT2D eigenvalue weighted by molar-refractivity contribution is 0.130. The Morgan fingerprint density at radius 2 is 1.93 bits per heavy atom. The fourth-order valence-electron chi connectivity index (χ4n) is 1.25. The summed E-state index contributed by atoms with van der Waals surface area (Å²) in [5.74, 6) is 0.877. The first-order valence-corrected chi connectivity index (χ1v) is 5.30. The first kappa shape index (κ1) is 12.0. The molecule has 0 heterocycles. The fraction of sp³-hybridized carbons (Fsp3) is 0.417. The van der Waals surface area contributed by atoms with Crippen LogP contribution < -0.4 is 10.5 Å². The molecule has 3 heteroatoms. The molecular formula is C12H17NOS. The Labute approximate surface area is 96.4 Å². The van der Waals surface area contributed by atoms with Crippen molar-refractivity contribution in [1.82, 2.24) is 0 Å². The molecule has 0 unspecified atom stereocenters. The molecule has 82 valence electrons. The molecule has 0 saturated heterocycles. The normalized spacial score (nSPS) is 11.2. The van der Waals surface area contributed by atoms with E-state index < -0.39 is 0 Å². The summed E-state index contributed by atoms with van der Waals surface area (Å²) in [4.78, 5) is 0.417. The maximum absolute atomic E-state index is 5.78. The van der Waals surface area contributed by atoms with E-state index in [1.807, 2.05) is 45.9 Å². The van der Waals surface area contributed by atoms with Crippen LogP contribution in [0.2, 0.25) is 0 Å². The Kier molecular flexibility index (Phi) is 3.35. The first-order valence-electron chi connectivity index (χ1n) is 4.89. The number of benzene rings is 1. The number of hydrogen-bond donors (Lipinski definition) is 1. The van der Waals surface area contributed by atoms with Crippen LogP contribution in [0.1, 0.15) is 31.9 Å². The Bertz CT molecular complexity index is 380. The van der Waals surface area contributed by atoms with E-state index in [4.69, 9.17) is 22.7 Å².